The van der Waals surface area contributed by atoms with Crippen molar-refractivity contribution in [1.82, 2.24) is 0 Å². The van der Waals surface area contributed by atoms with Crippen molar-refractivity contribution in [2.75, 3.05) is 0 Å². The van der Waals surface area contributed by atoms with E-state index in [0.29, 0.717) is 23.0 Å². The first kappa shape index (κ1) is 12.0. The highest BCUT2D eigenvalue weighted by molar-refractivity contribution is 5.30. The maximum atomic E-state index is 5.53. The molecule has 0 amide bonds. The fourth-order valence-corrected chi connectivity index (χ4v) is 1.38. The summed E-state index contributed by atoms with van der Waals surface area (Å²) in [4.78, 5) is 0. The van der Waals surface area contributed by atoms with Gasteiger partial charge in [0.2, 0.25) is 0 Å². The molecule has 0 heterocycles. The highest BCUT2D eigenvalue weighted by Gasteiger charge is 2.05. The predicted molar refractivity (Wildman–Crippen MR) is 72.4 cm³/mol. The lowest BCUT2D eigenvalue weighted by Crippen LogP contribution is -2.02. The van der Waals surface area contributed by atoms with Crippen LogP contribution < -0.4 is 9.47 Å². The van der Waals surface area contributed by atoms with Crippen LogP contribution >= 0.6 is 0 Å². The number of para-hydroxylation sites is 2. The second-order valence-electron chi connectivity index (χ2n) is 3.68. The van der Waals surface area contributed by atoms with Crippen LogP contribution in [0.3, 0.4) is 0 Å². The molecule has 2 rings (SSSR count). The lowest BCUT2D eigenvalue weighted by molar-refractivity contribution is 0.352. The normalized spacial score (nSPS) is 9.56. The molecule has 0 bridgehead atoms. The second kappa shape index (κ2) is 5.73. The first-order valence-corrected chi connectivity index (χ1v) is 5.59. The molecule has 0 N–H and O–H groups in total. The summed E-state index contributed by atoms with van der Waals surface area (Å²) in [6, 6.07) is 18.8. The molecule has 0 radical (unpaired) electrons. The van der Waals surface area contributed by atoms with Crippen LogP contribution in [-0.4, -0.2) is 0 Å². The van der Waals surface area contributed by atoms with Gasteiger partial charge in [0.05, 0.1) is 0 Å². The van der Waals surface area contributed by atoms with E-state index in [1.165, 1.54) is 0 Å². The fraction of sp³-hybridized carbons (Fsp3) is 0. The number of hydrogen-bond donors (Lipinski definition) is 0. The van der Waals surface area contributed by atoms with Crippen molar-refractivity contribution in [2.24, 2.45) is 0 Å². The van der Waals surface area contributed by atoms with Crippen LogP contribution in [0.5, 0.6) is 11.5 Å². The van der Waals surface area contributed by atoms with Gasteiger partial charge in [-0.15, -0.1) is 0 Å². The zero-order valence-corrected chi connectivity index (χ0v) is 10.0. The molecule has 0 fully saturated rings. The molecule has 2 aromatic rings. The van der Waals surface area contributed by atoms with Crippen molar-refractivity contribution < 1.29 is 9.47 Å². The van der Waals surface area contributed by atoms with Gasteiger partial charge in [-0.3, -0.25) is 0 Å². The number of rotatable bonds is 5. The first-order valence-electron chi connectivity index (χ1n) is 5.59. The average molecular weight is 238 g/mol. The molecule has 0 aliphatic rings. The lowest BCUT2D eigenvalue weighted by Gasteiger charge is -2.12. The van der Waals surface area contributed by atoms with E-state index in [2.05, 4.69) is 13.2 Å². The molecule has 2 aromatic carbocycles. The highest BCUT2D eigenvalue weighted by atomic mass is 16.5. The van der Waals surface area contributed by atoms with E-state index < -0.39 is 0 Å². The molecule has 0 saturated heterocycles. The highest BCUT2D eigenvalue weighted by Crippen LogP contribution is 2.19. The minimum atomic E-state index is 0.394. The molecule has 0 aliphatic carbocycles. The third kappa shape index (κ3) is 3.25. The summed E-state index contributed by atoms with van der Waals surface area (Å²) < 4.78 is 11.1. The Bertz CT molecular complexity index is 478. The maximum Gasteiger partial charge on any atom is 0.162 e. The van der Waals surface area contributed by atoms with E-state index >= 15 is 0 Å². The fourth-order valence-electron chi connectivity index (χ4n) is 1.38. The van der Waals surface area contributed by atoms with Crippen LogP contribution in [0.15, 0.2) is 85.3 Å². The Kier molecular flexibility index (Phi) is 3.82. The average Bonchev–Trinajstić information content (AvgIpc) is 2.41. The molecule has 90 valence electrons. The quantitative estimate of drug-likeness (QED) is 0.575. The summed E-state index contributed by atoms with van der Waals surface area (Å²) in [7, 11) is 0. The summed E-state index contributed by atoms with van der Waals surface area (Å²) in [5, 5.41) is 0. The number of benzene rings is 2. The molecule has 0 spiro atoms. The first-order chi connectivity index (χ1) is 8.75. The smallest absolute Gasteiger partial charge is 0.162 e. The molecule has 0 saturated carbocycles. The van der Waals surface area contributed by atoms with Gasteiger partial charge in [-0.2, -0.15) is 0 Å². The Morgan fingerprint density at radius 1 is 0.611 bits per heavy atom. The zero-order valence-electron chi connectivity index (χ0n) is 10.0. The van der Waals surface area contributed by atoms with Crippen LogP contribution in [0.25, 0.3) is 0 Å². The van der Waals surface area contributed by atoms with Crippen LogP contribution in [-0.2, 0) is 0 Å². The molecule has 0 aliphatic heterocycles. The number of hydrogen-bond acceptors (Lipinski definition) is 2. The van der Waals surface area contributed by atoms with Gasteiger partial charge in [0.1, 0.15) is 11.5 Å². The summed E-state index contributed by atoms with van der Waals surface area (Å²) in [5.74, 6) is 2.20. The van der Waals surface area contributed by atoms with Gasteiger partial charge in [0.25, 0.3) is 0 Å². The zero-order chi connectivity index (χ0) is 12.8. The van der Waals surface area contributed by atoms with Gasteiger partial charge in [0.15, 0.2) is 11.5 Å². The molecular formula is C16H14O2. The standard InChI is InChI=1S/C16H14O2/c1-13(17-15-9-5-3-6-10-15)14(2)18-16-11-7-4-8-12-16/h3-12H,1-2H2. The Morgan fingerprint density at radius 2 is 0.944 bits per heavy atom. The molecular weight excluding hydrogens is 224 g/mol. The molecule has 2 nitrogen and oxygen atoms in total. The Morgan fingerprint density at radius 3 is 1.28 bits per heavy atom. The molecule has 18 heavy (non-hydrogen) atoms. The van der Waals surface area contributed by atoms with E-state index in [9.17, 15) is 0 Å². The molecule has 0 aromatic heterocycles. The van der Waals surface area contributed by atoms with Crippen LogP contribution in [0.2, 0.25) is 0 Å². The van der Waals surface area contributed by atoms with Crippen molar-refractivity contribution in [1.29, 1.82) is 0 Å². The minimum Gasteiger partial charge on any atom is -0.454 e. The molecule has 0 unspecified atom stereocenters. The summed E-state index contributed by atoms with van der Waals surface area (Å²) in [5.41, 5.74) is 0. The minimum absolute atomic E-state index is 0.394. The van der Waals surface area contributed by atoms with E-state index in [1.807, 2.05) is 60.7 Å². The van der Waals surface area contributed by atoms with Crippen LogP contribution in [0.1, 0.15) is 0 Å². The van der Waals surface area contributed by atoms with Gasteiger partial charge in [-0.25, -0.2) is 0 Å². The third-order valence-electron chi connectivity index (χ3n) is 2.28. The van der Waals surface area contributed by atoms with Crippen molar-refractivity contribution in [2.45, 2.75) is 0 Å². The van der Waals surface area contributed by atoms with Gasteiger partial charge in [-0.05, 0) is 24.3 Å². The molecule has 2 heteroatoms. The summed E-state index contributed by atoms with van der Waals surface area (Å²) in [6.45, 7) is 7.60. The number of ether oxygens (including phenoxy) is 2. The lowest BCUT2D eigenvalue weighted by atomic mass is 10.3. The van der Waals surface area contributed by atoms with E-state index in [4.69, 9.17) is 9.47 Å². The van der Waals surface area contributed by atoms with Gasteiger partial charge in [-0.1, -0.05) is 49.6 Å². The maximum absolute atomic E-state index is 5.53. The van der Waals surface area contributed by atoms with Crippen molar-refractivity contribution in [3.63, 3.8) is 0 Å². The largest absolute Gasteiger partial charge is 0.454 e. The van der Waals surface area contributed by atoms with Crippen molar-refractivity contribution in [3.8, 4) is 11.5 Å². The second-order valence-corrected chi connectivity index (χ2v) is 3.68. The van der Waals surface area contributed by atoms with Gasteiger partial charge < -0.3 is 9.47 Å². The Labute approximate surface area is 107 Å². The van der Waals surface area contributed by atoms with Crippen LogP contribution in [0, 0.1) is 0 Å². The Balaban J connectivity index is 1.96. The molecule has 0 atom stereocenters. The Hall–Kier alpha value is -2.48. The van der Waals surface area contributed by atoms with E-state index in [1.54, 1.807) is 0 Å². The summed E-state index contributed by atoms with van der Waals surface area (Å²) in [6.07, 6.45) is 0. The van der Waals surface area contributed by atoms with Crippen molar-refractivity contribution >= 4 is 0 Å². The monoisotopic (exact) mass is 238 g/mol. The third-order valence-corrected chi connectivity index (χ3v) is 2.28. The SMILES string of the molecule is C=C(Oc1ccccc1)C(=C)Oc1ccccc1. The van der Waals surface area contributed by atoms with Gasteiger partial charge >= 0.3 is 0 Å². The summed E-state index contributed by atoms with van der Waals surface area (Å²) >= 11 is 0. The van der Waals surface area contributed by atoms with E-state index in [0.717, 1.165) is 0 Å². The van der Waals surface area contributed by atoms with Crippen molar-refractivity contribution in [3.05, 3.63) is 85.3 Å². The van der Waals surface area contributed by atoms with E-state index in [-0.39, 0.29) is 0 Å². The topological polar surface area (TPSA) is 18.5 Å². The predicted octanol–water partition coefficient (Wildman–Crippen LogP) is 4.17. The van der Waals surface area contributed by atoms with Gasteiger partial charge in [0, 0.05) is 0 Å². The van der Waals surface area contributed by atoms with Crippen LogP contribution in [0.4, 0.5) is 0 Å².